The molecule has 1 aliphatic heterocycles. The van der Waals surface area contributed by atoms with Crippen LogP contribution in [0.1, 0.15) is 48.9 Å². The molecule has 1 heterocycles. The normalized spacial score (nSPS) is 16.5. The van der Waals surface area contributed by atoms with Crippen molar-refractivity contribution in [3.63, 3.8) is 0 Å². The highest BCUT2D eigenvalue weighted by atomic mass is 16.5. The Morgan fingerprint density at radius 1 is 1.18 bits per heavy atom. The third-order valence-electron chi connectivity index (χ3n) is 5.75. The number of carbonyl (C=O) groups is 1. The zero-order valence-corrected chi connectivity index (χ0v) is 17.3. The van der Waals surface area contributed by atoms with Crippen molar-refractivity contribution in [1.82, 2.24) is 10.2 Å². The Labute approximate surface area is 168 Å². The van der Waals surface area contributed by atoms with E-state index in [4.69, 9.17) is 4.74 Å². The lowest BCUT2D eigenvalue weighted by Gasteiger charge is -2.32. The lowest BCUT2D eigenvalue weighted by Crippen LogP contribution is -2.41. The Morgan fingerprint density at radius 3 is 2.50 bits per heavy atom. The number of hydrogen-bond acceptors (Lipinski definition) is 3. The maximum Gasteiger partial charge on any atom is 0.223 e. The smallest absolute Gasteiger partial charge is 0.223 e. The highest BCUT2D eigenvalue weighted by molar-refractivity contribution is 5.79. The first kappa shape index (κ1) is 20.4. The number of rotatable bonds is 7. The second-order valence-corrected chi connectivity index (χ2v) is 7.73. The van der Waals surface area contributed by atoms with Gasteiger partial charge in [-0.25, -0.2) is 0 Å². The van der Waals surface area contributed by atoms with E-state index in [2.05, 4.69) is 59.6 Å². The predicted molar refractivity (Wildman–Crippen MR) is 113 cm³/mol. The van der Waals surface area contributed by atoms with Crippen LogP contribution in [0.15, 0.2) is 48.5 Å². The summed E-state index contributed by atoms with van der Waals surface area (Å²) in [4.78, 5) is 15.3. The molecule has 4 heteroatoms. The quantitative estimate of drug-likeness (QED) is 0.770. The van der Waals surface area contributed by atoms with E-state index in [0.29, 0.717) is 0 Å². The summed E-state index contributed by atoms with van der Waals surface area (Å²) in [5.74, 6) is 1.19. The van der Waals surface area contributed by atoms with Crippen LogP contribution in [0.25, 0.3) is 0 Å². The fourth-order valence-corrected chi connectivity index (χ4v) is 4.02. The van der Waals surface area contributed by atoms with Gasteiger partial charge in [-0.3, -0.25) is 9.69 Å². The Kier molecular flexibility index (Phi) is 7.10. The molecular formula is C24H32N2O2. The second kappa shape index (κ2) is 9.74. The molecule has 1 amide bonds. The van der Waals surface area contributed by atoms with Gasteiger partial charge in [-0.05, 0) is 62.0 Å². The molecule has 1 saturated heterocycles. The third-order valence-corrected chi connectivity index (χ3v) is 5.75. The van der Waals surface area contributed by atoms with Crippen molar-refractivity contribution in [2.24, 2.45) is 5.92 Å². The minimum absolute atomic E-state index is 0.0551. The van der Waals surface area contributed by atoms with Gasteiger partial charge in [0.05, 0.1) is 13.2 Å². The van der Waals surface area contributed by atoms with Crippen LogP contribution in [-0.2, 0) is 11.3 Å². The minimum atomic E-state index is 0.0551. The number of methoxy groups -OCH3 is 1. The molecule has 0 radical (unpaired) electrons. The number of piperidine rings is 1. The van der Waals surface area contributed by atoms with Gasteiger partial charge in [0.1, 0.15) is 5.75 Å². The largest absolute Gasteiger partial charge is 0.496 e. The fourth-order valence-electron chi connectivity index (χ4n) is 4.02. The van der Waals surface area contributed by atoms with E-state index >= 15 is 0 Å². The van der Waals surface area contributed by atoms with Crippen LogP contribution in [0.5, 0.6) is 5.75 Å². The van der Waals surface area contributed by atoms with Gasteiger partial charge < -0.3 is 10.1 Å². The zero-order chi connectivity index (χ0) is 19.9. The van der Waals surface area contributed by atoms with Crippen LogP contribution in [0.4, 0.5) is 0 Å². The first-order valence-electron chi connectivity index (χ1n) is 10.3. The molecule has 0 aromatic heterocycles. The standard InChI is InChI=1S/C24H32N2O2/c1-4-22(21-10-11-23(28-3)18(2)16-21)25-24(27)20-12-14-26(15-13-20)17-19-8-6-5-7-9-19/h5-11,16,20,22H,4,12-15,17H2,1-3H3,(H,25,27). The molecule has 0 bridgehead atoms. The summed E-state index contributed by atoms with van der Waals surface area (Å²) in [6, 6.07) is 16.8. The maximum atomic E-state index is 12.9. The van der Waals surface area contributed by atoms with Crippen LogP contribution in [0, 0.1) is 12.8 Å². The van der Waals surface area contributed by atoms with E-state index in [1.165, 1.54) is 5.56 Å². The Hall–Kier alpha value is -2.33. The summed E-state index contributed by atoms with van der Waals surface area (Å²) < 4.78 is 5.35. The summed E-state index contributed by atoms with van der Waals surface area (Å²) in [5.41, 5.74) is 3.59. The molecule has 1 fully saturated rings. The molecule has 3 rings (SSSR count). The number of hydrogen-bond donors (Lipinski definition) is 1. The van der Waals surface area contributed by atoms with Crippen molar-refractivity contribution in [3.8, 4) is 5.75 Å². The number of nitrogens with zero attached hydrogens (tertiary/aromatic N) is 1. The molecule has 2 aromatic rings. The van der Waals surface area contributed by atoms with E-state index in [-0.39, 0.29) is 17.9 Å². The minimum Gasteiger partial charge on any atom is -0.496 e. The van der Waals surface area contributed by atoms with E-state index in [1.807, 2.05) is 13.0 Å². The van der Waals surface area contributed by atoms with Gasteiger partial charge in [0.25, 0.3) is 0 Å². The lowest BCUT2D eigenvalue weighted by molar-refractivity contribution is -0.127. The Balaban J connectivity index is 1.53. The Morgan fingerprint density at radius 2 is 1.89 bits per heavy atom. The average molecular weight is 381 g/mol. The topological polar surface area (TPSA) is 41.6 Å². The molecule has 150 valence electrons. The van der Waals surface area contributed by atoms with Gasteiger partial charge in [-0.2, -0.15) is 0 Å². The van der Waals surface area contributed by atoms with Crippen LogP contribution in [0.2, 0.25) is 0 Å². The van der Waals surface area contributed by atoms with Crippen LogP contribution in [-0.4, -0.2) is 31.0 Å². The molecule has 4 nitrogen and oxygen atoms in total. The number of nitrogens with one attached hydrogen (secondary N) is 1. The first-order valence-corrected chi connectivity index (χ1v) is 10.3. The van der Waals surface area contributed by atoms with Gasteiger partial charge in [0.2, 0.25) is 5.91 Å². The third kappa shape index (κ3) is 5.14. The predicted octanol–water partition coefficient (Wildman–Crippen LogP) is 4.48. The highest BCUT2D eigenvalue weighted by Crippen LogP contribution is 2.26. The number of amides is 1. The second-order valence-electron chi connectivity index (χ2n) is 7.73. The van der Waals surface area contributed by atoms with Gasteiger partial charge in [-0.1, -0.05) is 49.4 Å². The van der Waals surface area contributed by atoms with Crippen molar-refractivity contribution >= 4 is 5.91 Å². The molecule has 28 heavy (non-hydrogen) atoms. The number of aryl methyl sites for hydroxylation is 1. The molecule has 0 spiro atoms. The number of carbonyl (C=O) groups excluding carboxylic acids is 1. The van der Waals surface area contributed by atoms with Gasteiger partial charge in [-0.15, -0.1) is 0 Å². The maximum absolute atomic E-state index is 12.9. The molecule has 1 unspecified atom stereocenters. The van der Waals surface area contributed by atoms with Gasteiger partial charge in [0, 0.05) is 12.5 Å². The number of ether oxygens (including phenoxy) is 1. The number of benzene rings is 2. The van der Waals surface area contributed by atoms with Crippen LogP contribution < -0.4 is 10.1 Å². The van der Waals surface area contributed by atoms with Crippen molar-refractivity contribution in [2.75, 3.05) is 20.2 Å². The van der Waals surface area contributed by atoms with E-state index < -0.39 is 0 Å². The van der Waals surface area contributed by atoms with Crippen LogP contribution >= 0.6 is 0 Å². The summed E-state index contributed by atoms with van der Waals surface area (Å²) in [7, 11) is 1.69. The summed E-state index contributed by atoms with van der Waals surface area (Å²) in [6.07, 6.45) is 2.73. The Bertz CT molecular complexity index is 767. The SMILES string of the molecule is CCC(NC(=O)C1CCN(Cc2ccccc2)CC1)c1ccc(OC)c(C)c1. The monoisotopic (exact) mass is 380 g/mol. The summed E-state index contributed by atoms with van der Waals surface area (Å²) in [6.45, 7) is 7.08. The lowest BCUT2D eigenvalue weighted by atomic mass is 9.94. The van der Waals surface area contributed by atoms with E-state index in [0.717, 1.165) is 55.8 Å². The molecule has 0 saturated carbocycles. The molecule has 1 N–H and O–H groups in total. The van der Waals surface area contributed by atoms with Crippen molar-refractivity contribution in [3.05, 3.63) is 65.2 Å². The van der Waals surface area contributed by atoms with Crippen molar-refractivity contribution < 1.29 is 9.53 Å². The zero-order valence-electron chi connectivity index (χ0n) is 17.3. The van der Waals surface area contributed by atoms with E-state index in [1.54, 1.807) is 7.11 Å². The van der Waals surface area contributed by atoms with Crippen molar-refractivity contribution in [1.29, 1.82) is 0 Å². The van der Waals surface area contributed by atoms with Gasteiger partial charge in [0.15, 0.2) is 0 Å². The fraction of sp³-hybridized carbons (Fsp3) is 0.458. The summed E-state index contributed by atoms with van der Waals surface area (Å²) in [5, 5.41) is 3.28. The van der Waals surface area contributed by atoms with E-state index in [9.17, 15) is 4.79 Å². The molecular weight excluding hydrogens is 348 g/mol. The molecule has 1 aliphatic rings. The highest BCUT2D eigenvalue weighted by Gasteiger charge is 2.26. The van der Waals surface area contributed by atoms with Gasteiger partial charge >= 0.3 is 0 Å². The van der Waals surface area contributed by atoms with Crippen LogP contribution in [0.3, 0.4) is 0 Å². The van der Waals surface area contributed by atoms with Crippen molar-refractivity contribution in [2.45, 2.75) is 45.7 Å². The molecule has 1 atom stereocenters. The molecule has 2 aromatic carbocycles. The number of likely N-dealkylation sites (tertiary alicyclic amines) is 1. The summed E-state index contributed by atoms with van der Waals surface area (Å²) >= 11 is 0. The molecule has 0 aliphatic carbocycles. The average Bonchev–Trinajstić information content (AvgIpc) is 2.73. The first-order chi connectivity index (χ1) is 13.6.